The van der Waals surface area contributed by atoms with Gasteiger partial charge in [0.25, 0.3) is 5.69 Å². The van der Waals surface area contributed by atoms with Crippen LogP contribution in [0.4, 0.5) is 10.1 Å². The van der Waals surface area contributed by atoms with Gasteiger partial charge in [0.15, 0.2) is 6.17 Å². The molecular formula is C16H14FNO4. The third-order valence-electron chi connectivity index (χ3n) is 3.14. The van der Waals surface area contributed by atoms with E-state index in [1.165, 1.54) is 31.2 Å². The van der Waals surface area contributed by atoms with E-state index in [-0.39, 0.29) is 11.3 Å². The van der Waals surface area contributed by atoms with Gasteiger partial charge in [-0.3, -0.25) is 10.1 Å². The first-order valence-corrected chi connectivity index (χ1v) is 6.63. The molecule has 0 heterocycles. The van der Waals surface area contributed by atoms with E-state index in [1.54, 1.807) is 30.3 Å². The van der Waals surface area contributed by atoms with Gasteiger partial charge in [0.1, 0.15) is 6.10 Å². The highest BCUT2D eigenvalue weighted by Crippen LogP contribution is 2.24. The van der Waals surface area contributed by atoms with Crippen LogP contribution in [0.25, 0.3) is 0 Å². The second-order valence-electron chi connectivity index (χ2n) is 4.73. The largest absolute Gasteiger partial charge is 0.456 e. The Balaban J connectivity index is 2.03. The Hall–Kier alpha value is -2.76. The minimum absolute atomic E-state index is 0.128. The van der Waals surface area contributed by atoms with Crippen LogP contribution in [0.2, 0.25) is 0 Å². The summed E-state index contributed by atoms with van der Waals surface area (Å²) in [6, 6.07) is 13.4. The third kappa shape index (κ3) is 3.66. The molecule has 0 aromatic heterocycles. The molecule has 0 aliphatic heterocycles. The fraction of sp³-hybridized carbons (Fsp3) is 0.188. The van der Waals surface area contributed by atoms with Gasteiger partial charge >= 0.3 is 5.97 Å². The van der Waals surface area contributed by atoms with Crippen LogP contribution in [-0.4, -0.2) is 17.0 Å². The van der Waals surface area contributed by atoms with Crippen molar-refractivity contribution in [2.24, 2.45) is 0 Å². The molecule has 2 atom stereocenters. The number of non-ortho nitro benzene ring substituents is 1. The topological polar surface area (TPSA) is 69.4 Å². The molecule has 114 valence electrons. The number of hydrogen-bond acceptors (Lipinski definition) is 4. The molecule has 0 fully saturated rings. The van der Waals surface area contributed by atoms with Crippen molar-refractivity contribution in [2.75, 3.05) is 0 Å². The normalized spacial score (nSPS) is 13.2. The summed E-state index contributed by atoms with van der Waals surface area (Å²) in [5, 5.41) is 10.5. The van der Waals surface area contributed by atoms with Crippen molar-refractivity contribution in [1.82, 2.24) is 0 Å². The van der Waals surface area contributed by atoms with Crippen LogP contribution in [0, 0.1) is 10.1 Å². The highest BCUT2D eigenvalue weighted by molar-refractivity contribution is 5.89. The van der Waals surface area contributed by atoms with Crippen molar-refractivity contribution in [1.29, 1.82) is 0 Å². The lowest BCUT2D eigenvalue weighted by Gasteiger charge is -2.17. The molecule has 0 bridgehead atoms. The lowest BCUT2D eigenvalue weighted by Crippen LogP contribution is -2.20. The monoisotopic (exact) mass is 303 g/mol. The van der Waals surface area contributed by atoms with Crippen LogP contribution in [-0.2, 0) is 4.74 Å². The quantitative estimate of drug-likeness (QED) is 0.478. The lowest BCUT2D eigenvalue weighted by atomic mass is 10.1. The fourth-order valence-electron chi connectivity index (χ4n) is 1.92. The highest BCUT2D eigenvalue weighted by atomic mass is 19.1. The van der Waals surface area contributed by atoms with Crippen molar-refractivity contribution >= 4 is 11.7 Å². The van der Waals surface area contributed by atoms with E-state index in [0.29, 0.717) is 5.56 Å². The molecule has 6 heteroatoms. The minimum Gasteiger partial charge on any atom is -0.456 e. The number of halogens is 1. The Morgan fingerprint density at radius 1 is 1.14 bits per heavy atom. The van der Waals surface area contributed by atoms with Crippen LogP contribution < -0.4 is 0 Å². The molecular weight excluding hydrogens is 289 g/mol. The van der Waals surface area contributed by atoms with Crippen molar-refractivity contribution in [2.45, 2.75) is 19.2 Å². The molecule has 22 heavy (non-hydrogen) atoms. The second-order valence-corrected chi connectivity index (χ2v) is 4.73. The third-order valence-corrected chi connectivity index (χ3v) is 3.14. The number of alkyl halides is 1. The molecule has 0 aliphatic rings. The number of nitro benzene ring substituents is 1. The molecule has 0 radical (unpaired) electrons. The maximum atomic E-state index is 14.2. The predicted molar refractivity (Wildman–Crippen MR) is 78.3 cm³/mol. The average Bonchev–Trinajstić information content (AvgIpc) is 2.54. The van der Waals surface area contributed by atoms with E-state index in [1.807, 2.05) is 0 Å². The van der Waals surface area contributed by atoms with E-state index in [0.717, 1.165) is 0 Å². The first-order chi connectivity index (χ1) is 10.5. The molecule has 2 rings (SSSR count). The Bertz CT molecular complexity index is 658. The van der Waals surface area contributed by atoms with Crippen LogP contribution >= 0.6 is 0 Å². The summed E-state index contributed by atoms with van der Waals surface area (Å²) in [5.74, 6) is -0.721. The number of nitro groups is 1. The summed E-state index contributed by atoms with van der Waals surface area (Å²) in [4.78, 5) is 21.9. The molecule has 0 unspecified atom stereocenters. The van der Waals surface area contributed by atoms with E-state index >= 15 is 0 Å². The van der Waals surface area contributed by atoms with E-state index < -0.39 is 23.2 Å². The van der Waals surface area contributed by atoms with Gasteiger partial charge < -0.3 is 4.74 Å². The number of hydrogen-bond donors (Lipinski definition) is 0. The number of benzene rings is 2. The van der Waals surface area contributed by atoms with Gasteiger partial charge in [-0.15, -0.1) is 0 Å². The maximum Gasteiger partial charge on any atom is 0.338 e. The van der Waals surface area contributed by atoms with E-state index in [2.05, 4.69) is 0 Å². The van der Waals surface area contributed by atoms with Gasteiger partial charge in [0.05, 0.1) is 10.5 Å². The zero-order valence-corrected chi connectivity index (χ0v) is 11.8. The van der Waals surface area contributed by atoms with Gasteiger partial charge in [0.2, 0.25) is 0 Å². The van der Waals surface area contributed by atoms with Gasteiger partial charge in [-0.2, -0.15) is 0 Å². The van der Waals surface area contributed by atoms with E-state index in [9.17, 15) is 19.3 Å². The van der Waals surface area contributed by atoms with Crippen molar-refractivity contribution < 1.29 is 18.8 Å². The van der Waals surface area contributed by atoms with Crippen molar-refractivity contribution in [3.8, 4) is 0 Å². The molecule has 2 aromatic carbocycles. The van der Waals surface area contributed by atoms with Crippen LogP contribution in [0.3, 0.4) is 0 Å². The fourth-order valence-corrected chi connectivity index (χ4v) is 1.92. The minimum atomic E-state index is -1.44. The average molecular weight is 303 g/mol. The molecule has 2 aromatic rings. The molecule has 0 saturated heterocycles. The van der Waals surface area contributed by atoms with Gasteiger partial charge in [-0.05, 0) is 24.6 Å². The maximum absolute atomic E-state index is 14.2. The van der Waals surface area contributed by atoms with Crippen LogP contribution in [0.1, 0.15) is 29.0 Å². The summed E-state index contributed by atoms with van der Waals surface area (Å²) in [6.45, 7) is 1.46. The van der Waals surface area contributed by atoms with Crippen molar-refractivity contribution in [3.63, 3.8) is 0 Å². The number of carbonyl (C=O) groups is 1. The van der Waals surface area contributed by atoms with Gasteiger partial charge in [-0.1, -0.05) is 30.3 Å². The standard InChI is InChI=1S/C16H14FNO4/c1-11(15(17)12-5-3-2-4-6-12)22-16(19)13-7-9-14(10-8-13)18(20)21/h2-11,15H,1H3/t11-,15+/m0/s1. The molecule has 0 N–H and O–H groups in total. The van der Waals surface area contributed by atoms with Crippen LogP contribution in [0.5, 0.6) is 0 Å². The van der Waals surface area contributed by atoms with Gasteiger partial charge in [-0.25, -0.2) is 9.18 Å². The zero-order valence-electron chi connectivity index (χ0n) is 11.8. The van der Waals surface area contributed by atoms with Crippen LogP contribution in [0.15, 0.2) is 54.6 Å². The summed E-state index contributed by atoms with van der Waals surface area (Å²) in [7, 11) is 0. The summed E-state index contributed by atoms with van der Waals surface area (Å²) in [6.07, 6.45) is -2.41. The molecule has 0 spiro atoms. The van der Waals surface area contributed by atoms with Crippen molar-refractivity contribution in [3.05, 3.63) is 75.8 Å². The highest BCUT2D eigenvalue weighted by Gasteiger charge is 2.23. The number of rotatable bonds is 5. The predicted octanol–water partition coefficient (Wildman–Crippen LogP) is 3.85. The summed E-state index contributed by atoms with van der Waals surface area (Å²) in [5.41, 5.74) is 0.432. The summed E-state index contributed by atoms with van der Waals surface area (Å²) < 4.78 is 19.3. The molecule has 0 amide bonds. The molecule has 5 nitrogen and oxygen atoms in total. The smallest absolute Gasteiger partial charge is 0.338 e. The Morgan fingerprint density at radius 3 is 2.27 bits per heavy atom. The first-order valence-electron chi connectivity index (χ1n) is 6.63. The number of ether oxygens (including phenoxy) is 1. The number of carbonyl (C=O) groups excluding carboxylic acids is 1. The second kappa shape index (κ2) is 6.80. The lowest BCUT2D eigenvalue weighted by molar-refractivity contribution is -0.384. The number of nitrogens with zero attached hydrogens (tertiary/aromatic N) is 1. The summed E-state index contributed by atoms with van der Waals surface area (Å²) >= 11 is 0. The Kier molecular flexibility index (Phi) is 4.83. The zero-order chi connectivity index (χ0) is 16.1. The first kappa shape index (κ1) is 15.6. The SMILES string of the molecule is C[C@H](OC(=O)c1ccc([N+](=O)[O-])cc1)[C@@H](F)c1ccccc1. The molecule has 0 aliphatic carbocycles. The Morgan fingerprint density at radius 2 is 1.73 bits per heavy atom. The Labute approximate surface area is 126 Å². The number of esters is 1. The molecule has 0 saturated carbocycles. The van der Waals surface area contributed by atoms with Gasteiger partial charge in [0, 0.05) is 12.1 Å². The van der Waals surface area contributed by atoms with E-state index in [4.69, 9.17) is 4.74 Å².